The van der Waals surface area contributed by atoms with E-state index in [9.17, 15) is 5.26 Å². The first-order valence-electron chi connectivity index (χ1n) is 12.5. The van der Waals surface area contributed by atoms with Crippen molar-refractivity contribution in [1.82, 2.24) is 15.4 Å². The number of rotatable bonds is 9. The monoisotopic (exact) mass is 488 g/mol. The van der Waals surface area contributed by atoms with Crippen LogP contribution in [0.15, 0.2) is 42.6 Å². The minimum Gasteiger partial charge on any atom is -0.490 e. The predicted molar refractivity (Wildman–Crippen MR) is 139 cm³/mol. The highest BCUT2D eigenvalue weighted by Gasteiger charge is 2.26. The molecule has 0 radical (unpaired) electrons. The Morgan fingerprint density at radius 1 is 1.23 bits per heavy atom. The predicted octanol–water partition coefficient (Wildman–Crippen LogP) is 5.74. The zero-order chi connectivity index (χ0) is 24.2. The average Bonchev–Trinajstić information content (AvgIpc) is 3.63. The normalized spacial score (nSPS) is 17.6. The van der Waals surface area contributed by atoms with Crippen LogP contribution in [-0.4, -0.2) is 42.2 Å². The minimum absolute atomic E-state index is 0.0217. The molecule has 3 aromatic rings. The van der Waals surface area contributed by atoms with Crippen LogP contribution in [0.1, 0.15) is 55.8 Å². The molecule has 0 amide bonds. The number of aromatic nitrogens is 1. The summed E-state index contributed by atoms with van der Waals surface area (Å²) in [6.07, 6.45) is 6.64. The first kappa shape index (κ1) is 24.0. The Hall–Kier alpha value is -2.76. The third-order valence-electron chi connectivity index (χ3n) is 6.69. The van der Waals surface area contributed by atoms with Crippen LogP contribution in [0.5, 0.6) is 5.75 Å². The third-order valence-corrected chi connectivity index (χ3v) is 7.77. The van der Waals surface area contributed by atoms with E-state index in [0.717, 1.165) is 41.4 Å². The highest BCUT2D eigenvalue weighted by atomic mass is 32.1. The van der Waals surface area contributed by atoms with E-state index in [-0.39, 0.29) is 12.1 Å². The largest absolute Gasteiger partial charge is 0.490 e. The molecule has 1 unspecified atom stereocenters. The van der Waals surface area contributed by atoms with Gasteiger partial charge in [0.1, 0.15) is 16.8 Å². The van der Waals surface area contributed by atoms with Gasteiger partial charge in [-0.2, -0.15) is 10.7 Å². The van der Waals surface area contributed by atoms with Crippen LogP contribution in [0.3, 0.4) is 0 Å². The van der Waals surface area contributed by atoms with Gasteiger partial charge < -0.3 is 9.64 Å². The third kappa shape index (κ3) is 5.41. The summed E-state index contributed by atoms with van der Waals surface area (Å²) in [4.78, 5) is 14.2. The van der Waals surface area contributed by atoms with E-state index in [2.05, 4.69) is 34.6 Å². The first-order chi connectivity index (χ1) is 17.1. The molecule has 6 nitrogen and oxygen atoms in total. The molecule has 2 heterocycles. The molecule has 2 aliphatic rings. The van der Waals surface area contributed by atoms with Crippen molar-refractivity contribution in [2.75, 3.05) is 26.2 Å². The maximum Gasteiger partial charge on any atom is 0.137 e. The molecular weight excluding hydrogens is 456 g/mol. The van der Waals surface area contributed by atoms with Gasteiger partial charge in [0.2, 0.25) is 0 Å². The van der Waals surface area contributed by atoms with E-state index in [1.165, 1.54) is 42.6 Å². The smallest absolute Gasteiger partial charge is 0.137 e. The number of likely N-dealkylation sites (tertiary alicyclic amines) is 1. The summed E-state index contributed by atoms with van der Waals surface area (Å²) in [7, 11) is 0. The number of hydroxylamine groups is 1. The van der Waals surface area contributed by atoms with Crippen molar-refractivity contribution in [3.05, 3.63) is 59.3 Å². The van der Waals surface area contributed by atoms with Crippen molar-refractivity contribution < 1.29 is 9.57 Å². The van der Waals surface area contributed by atoms with Crippen LogP contribution in [-0.2, 0) is 11.3 Å². The van der Waals surface area contributed by atoms with Crippen LogP contribution in [0, 0.1) is 11.3 Å². The van der Waals surface area contributed by atoms with Crippen LogP contribution < -0.4 is 10.2 Å². The molecule has 35 heavy (non-hydrogen) atoms. The Morgan fingerprint density at radius 2 is 2.09 bits per heavy atom. The zero-order valence-corrected chi connectivity index (χ0v) is 21.2. The second-order valence-electron chi connectivity index (χ2n) is 9.50. The van der Waals surface area contributed by atoms with E-state index >= 15 is 0 Å². The van der Waals surface area contributed by atoms with Crippen molar-refractivity contribution in [2.24, 2.45) is 0 Å². The van der Waals surface area contributed by atoms with Crippen LogP contribution in [0.2, 0.25) is 0 Å². The number of nitrogens with zero attached hydrogens (tertiary/aromatic N) is 3. The lowest BCUT2D eigenvalue weighted by Crippen LogP contribution is -2.28. The van der Waals surface area contributed by atoms with Crippen LogP contribution in [0.25, 0.3) is 21.0 Å². The van der Waals surface area contributed by atoms with Gasteiger partial charge in [-0.05, 0) is 87.5 Å². The fourth-order valence-corrected chi connectivity index (χ4v) is 5.95. The standard InChI is InChI=1S/C28H32N4O2S/c1-19(2)34-26-11-8-20(16-21(26)17-29)28-30-18-27(35-28)24-7-5-6-23-22(24)9-10-25(23)31-33-15-14-32-12-3-4-13-32/h5-8,11,16,18-19,25,31H,3-4,9-10,12-15H2,1-2H3. The Morgan fingerprint density at radius 3 is 2.89 bits per heavy atom. The summed E-state index contributed by atoms with van der Waals surface area (Å²) in [5.41, 5.74) is 8.73. The molecular formula is C28H32N4O2S. The Bertz CT molecular complexity index is 1210. The Balaban J connectivity index is 1.29. The molecule has 1 aliphatic carbocycles. The van der Waals surface area contributed by atoms with Gasteiger partial charge in [0.25, 0.3) is 0 Å². The van der Waals surface area contributed by atoms with Gasteiger partial charge in [0.15, 0.2) is 0 Å². The zero-order valence-electron chi connectivity index (χ0n) is 20.4. The SMILES string of the molecule is CC(C)Oc1ccc(-c2ncc(-c3cccc4c3CCC4NOCCN3CCCC3)s2)cc1C#N. The maximum absolute atomic E-state index is 9.58. The quantitative estimate of drug-likeness (QED) is 0.306. The van der Waals surface area contributed by atoms with Crippen molar-refractivity contribution in [2.45, 2.75) is 51.7 Å². The molecule has 182 valence electrons. The Labute approximate surface area is 211 Å². The lowest BCUT2D eigenvalue weighted by Gasteiger charge is -2.17. The second kappa shape index (κ2) is 10.9. The van der Waals surface area contributed by atoms with Crippen molar-refractivity contribution in [3.8, 4) is 32.8 Å². The molecule has 7 heteroatoms. The van der Waals surface area contributed by atoms with Crippen molar-refractivity contribution in [1.29, 1.82) is 5.26 Å². The van der Waals surface area contributed by atoms with Gasteiger partial charge in [-0.15, -0.1) is 11.3 Å². The fraction of sp³-hybridized carbons (Fsp3) is 0.429. The number of ether oxygens (including phenoxy) is 1. The van der Waals surface area contributed by atoms with Crippen LogP contribution >= 0.6 is 11.3 Å². The summed E-state index contributed by atoms with van der Waals surface area (Å²) < 4.78 is 5.76. The summed E-state index contributed by atoms with van der Waals surface area (Å²) in [6.45, 7) is 8.03. The maximum atomic E-state index is 9.58. The topological polar surface area (TPSA) is 70.4 Å². The molecule has 1 atom stereocenters. The van der Waals surface area contributed by atoms with E-state index in [4.69, 9.17) is 14.6 Å². The molecule has 1 N–H and O–H groups in total. The number of hydrogen-bond acceptors (Lipinski definition) is 7. The average molecular weight is 489 g/mol. The van der Waals surface area contributed by atoms with E-state index < -0.39 is 0 Å². The molecule has 1 saturated heterocycles. The van der Waals surface area contributed by atoms with E-state index in [0.29, 0.717) is 11.3 Å². The molecule has 1 aromatic heterocycles. The van der Waals surface area contributed by atoms with Gasteiger partial charge in [-0.1, -0.05) is 18.2 Å². The van der Waals surface area contributed by atoms with Crippen LogP contribution in [0.4, 0.5) is 0 Å². The Kier molecular flexibility index (Phi) is 7.45. The molecule has 1 aliphatic heterocycles. The van der Waals surface area contributed by atoms with Gasteiger partial charge in [0, 0.05) is 18.3 Å². The molecule has 0 saturated carbocycles. The fourth-order valence-electron chi connectivity index (χ4n) is 4.99. The number of benzene rings is 2. The second-order valence-corrected chi connectivity index (χ2v) is 10.5. The number of nitrogens with one attached hydrogen (secondary N) is 1. The minimum atomic E-state index is 0.0217. The lowest BCUT2D eigenvalue weighted by molar-refractivity contribution is 0.00630. The number of hydrogen-bond donors (Lipinski definition) is 1. The molecule has 2 aromatic carbocycles. The van der Waals surface area contributed by atoms with Crippen molar-refractivity contribution in [3.63, 3.8) is 0 Å². The lowest BCUT2D eigenvalue weighted by atomic mass is 10.0. The number of fused-ring (bicyclic) bond motifs is 1. The van der Waals surface area contributed by atoms with E-state index in [1.807, 2.05) is 38.2 Å². The van der Waals surface area contributed by atoms with E-state index in [1.54, 1.807) is 11.3 Å². The number of nitriles is 1. The molecule has 0 bridgehead atoms. The van der Waals surface area contributed by atoms with Gasteiger partial charge in [-0.25, -0.2) is 4.98 Å². The van der Waals surface area contributed by atoms with Gasteiger partial charge in [-0.3, -0.25) is 4.84 Å². The number of thiazole rings is 1. The molecule has 0 spiro atoms. The molecule has 1 fully saturated rings. The van der Waals surface area contributed by atoms with Crippen molar-refractivity contribution >= 4 is 11.3 Å². The highest BCUT2D eigenvalue weighted by molar-refractivity contribution is 7.18. The summed E-state index contributed by atoms with van der Waals surface area (Å²) in [6, 6.07) is 14.7. The highest BCUT2D eigenvalue weighted by Crippen LogP contribution is 2.41. The van der Waals surface area contributed by atoms with Gasteiger partial charge in [0.05, 0.1) is 29.2 Å². The van der Waals surface area contributed by atoms with Gasteiger partial charge >= 0.3 is 0 Å². The first-order valence-corrected chi connectivity index (χ1v) is 13.3. The molecule has 5 rings (SSSR count). The summed E-state index contributed by atoms with van der Waals surface area (Å²) in [5.74, 6) is 0.616. The summed E-state index contributed by atoms with van der Waals surface area (Å²) >= 11 is 1.66. The summed E-state index contributed by atoms with van der Waals surface area (Å²) in [5, 5.41) is 10.5.